The fourth-order valence-corrected chi connectivity index (χ4v) is 5.75. The molecule has 2 aromatic carbocycles. The van der Waals surface area contributed by atoms with Crippen LogP contribution in [0.4, 0.5) is 0 Å². The van der Waals surface area contributed by atoms with Crippen LogP contribution in [0.15, 0.2) is 70.6 Å². The lowest BCUT2D eigenvalue weighted by atomic mass is 9.97. The van der Waals surface area contributed by atoms with Gasteiger partial charge in [0.05, 0.1) is 53.3 Å². The summed E-state index contributed by atoms with van der Waals surface area (Å²) in [5, 5.41) is 4.36. The molecule has 0 spiro atoms. The molecule has 9 heteroatoms. The Bertz CT molecular complexity index is 1550. The fraction of sp³-hybridized carbons (Fsp3) is 0.226. The maximum Gasteiger partial charge on any atom is 0.224 e. The number of amidine groups is 1. The zero-order valence-corrected chi connectivity index (χ0v) is 23.7. The van der Waals surface area contributed by atoms with E-state index in [1.165, 1.54) is 0 Å². The number of aromatic nitrogens is 2. The summed E-state index contributed by atoms with van der Waals surface area (Å²) in [6.07, 6.45) is 1.98. The molecule has 0 amide bonds. The van der Waals surface area contributed by atoms with Gasteiger partial charge in [-0.05, 0) is 37.1 Å². The zero-order valence-electron chi connectivity index (χ0n) is 22.2. The van der Waals surface area contributed by atoms with Crippen molar-refractivity contribution in [3.05, 3.63) is 81.8 Å². The molecule has 0 radical (unpaired) electrons. The first-order chi connectivity index (χ1) is 19.6. The van der Waals surface area contributed by atoms with Gasteiger partial charge in [-0.1, -0.05) is 59.6 Å². The van der Waals surface area contributed by atoms with Crippen molar-refractivity contribution >= 4 is 34.7 Å². The predicted molar refractivity (Wildman–Crippen MR) is 162 cm³/mol. The number of hydrogen-bond donors (Lipinski definition) is 1. The third kappa shape index (κ3) is 4.80. The molecule has 0 aliphatic carbocycles. The van der Waals surface area contributed by atoms with Crippen molar-refractivity contribution in [1.82, 2.24) is 15.3 Å². The minimum absolute atomic E-state index is 0.485. The van der Waals surface area contributed by atoms with Crippen LogP contribution in [0, 0.1) is 0 Å². The molecule has 7 nitrogen and oxygen atoms in total. The highest BCUT2D eigenvalue weighted by Crippen LogP contribution is 2.42. The molecule has 4 aromatic rings. The first-order valence-electron chi connectivity index (χ1n) is 13.1. The molecule has 0 atom stereocenters. The lowest BCUT2D eigenvalue weighted by molar-refractivity contribution is 0.397. The third-order valence-electron chi connectivity index (χ3n) is 7.06. The van der Waals surface area contributed by atoms with Crippen LogP contribution < -0.4 is 14.8 Å². The summed E-state index contributed by atoms with van der Waals surface area (Å²) < 4.78 is 11.2. The van der Waals surface area contributed by atoms with Crippen molar-refractivity contribution in [3.8, 4) is 45.4 Å². The SMILES string of the molecule is COc1nc(-c2cccc(-c3cccc(-c4ccc(C5=NCCN5)c(OC)n4)c3Cl)c2Cl)ccc1C1=NCCC1. The Morgan fingerprint density at radius 2 is 1.23 bits per heavy atom. The van der Waals surface area contributed by atoms with E-state index in [9.17, 15) is 0 Å². The standard InChI is InChI=1S/C31H27Cl2N5O2/c1-39-30-22(24-10-5-15-34-24)11-13-25(37-30)20-8-3-6-18(27(20)32)19-7-4-9-21(28(19)33)26-14-12-23(31(38-26)40-2)29-35-16-17-36-29/h3-4,6-9,11-14H,5,10,15-17H2,1-2H3,(H,35,36). The number of halogens is 2. The number of aliphatic imine (C=N–C) groups is 2. The van der Waals surface area contributed by atoms with Crippen LogP contribution >= 0.6 is 23.2 Å². The molecule has 6 rings (SSSR count). The van der Waals surface area contributed by atoms with E-state index in [1.54, 1.807) is 14.2 Å². The summed E-state index contributed by atoms with van der Waals surface area (Å²) in [5.41, 5.74) is 7.33. The van der Waals surface area contributed by atoms with Crippen LogP contribution in [0.25, 0.3) is 33.6 Å². The molecule has 0 saturated heterocycles. The lowest BCUT2D eigenvalue weighted by Crippen LogP contribution is -2.20. The molecule has 2 aromatic heterocycles. The molecule has 0 fully saturated rings. The van der Waals surface area contributed by atoms with Gasteiger partial charge >= 0.3 is 0 Å². The summed E-state index contributed by atoms with van der Waals surface area (Å²) in [6, 6.07) is 19.5. The van der Waals surface area contributed by atoms with Gasteiger partial charge in [0, 0.05) is 41.1 Å². The number of nitrogens with zero attached hydrogens (tertiary/aromatic N) is 4. The average molecular weight is 572 g/mol. The van der Waals surface area contributed by atoms with Crippen molar-refractivity contribution < 1.29 is 9.47 Å². The van der Waals surface area contributed by atoms with Crippen LogP contribution in [-0.2, 0) is 0 Å². The number of methoxy groups -OCH3 is 2. The van der Waals surface area contributed by atoms with E-state index in [1.807, 2.05) is 60.7 Å². The van der Waals surface area contributed by atoms with Gasteiger partial charge in [0.15, 0.2) is 0 Å². The molecule has 2 aliphatic rings. The highest BCUT2D eigenvalue weighted by molar-refractivity contribution is 6.39. The van der Waals surface area contributed by atoms with E-state index in [2.05, 4.69) is 15.3 Å². The van der Waals surface area contributed by atoms with Crippen molar-refractivity contribution in [1.29, 1.82) is 0 Å². The van der Waals surface area contributed by atoms with Crippen molar-refractivity contribution in [2.75, 3.05) is 33.9 Å². The average Bonchev–Trinajstić information content (AvgIpc) is 3.72. The largest absolute Gasteiger partial charge is 0.480 e. The minimum Gasteiger partial charge on any atom is -0.480 e. The molecule has 2 aliphatic heterocycles. The van der Waals surface area contributed by atoms with Crippen LogP contribution in [0.3, 0.4) is 0 Å². The van der Waals surface area contributed by atoms with E-state index in [0.717, 1.165) is 77.4 Å². The summed E-state index contributed by atoms with van der Waals surface area (Å²) >= 11 is 14.1. The molecule has 40 heavy (non-hydrogen) atoms. The summed E-state index contributed by atoms with van der Waals surface area (Å²) in [6.45, 7) is 2.37. The number of pyridine rings is 2. The highest BCUT2D eigenvalue weighted by atomic mass is 35.5. The Labute approximate surface area is 242 Å². The molecule has 0 unspecified atom stereocenters. The summed E-state index contributed by atoms with van der Waals surface area (Å²) in [5.74, 6) is 1.81. The van der Waals surface area contributed by atoms with E-state index < -0.39 is 0 Å². The Morgan fingerprint density at radius 1 is 0.650 bits per heavy atom. The Hall–Kier alpha value is -3.94. The van der Waals surface area contributed by atoms with Gasteiger partial charge in [-0.25, -0.2) is 9.97 Å². The molecule has 0 bridgehead atoms. The molecule has 0 saturated carbocycles. The molecule has 4 heterocycles. The first kappa shape index (κ1) is 26.3. The second-order valence-corrected chi connectivity index (χ2v) is 10.2. The normalized spacial score (nSPS) is 14.5. The lowest BCUT2D eigenvalue weighted by Gasteiger charge is -2.15. The summed E-state index contributed by atoms with van der Waals surface area (Å²) in [7, 11) is 3.23. The van der Waals surface area contributed by atoms with Crippen molar-refractivity contribution in [3.63, 3.8) is 0 Å². The monoisotopic (exact) mass is 571 g/mol. The number of rotatable bonds is 7. The Morgan fingerprint density at radius 3 is 1.75 bits per heavy atom. The quantitative estimate of drug-likeness (QED) is 0.266. The number of ether oxygens (including phenoxy) is 2. The predicted octanol–water partition coefficient (Wildman–Crippen LogP) is 6.73. The van der Waals surface area contributed by atoms with Crippen molar-refractivity contribution in [2.24, 2.45) is 9.98 Å². The first-order valence-corrected chi connectivity index (χ1v) is 13.8. The van der Waals surface area contributed by atoms with Crippen LogP contribution in [0.5, 0.6) is 11.8 Å². The topological polar surface area (TPSA) is 81.0 Å². The van der Waals surface area contributed by atoms with Gasteiger partial charge in [-0.2, -0.15) is 0 Å². The van der Waals surface area contributed by atoms with Gasteiger partial charge < -0.3 is 14.8 Å². The Kier molecular flexibility index (Phi) is 7.41. The van der Waals surface area contributed by atoms with Gasteiger partial charge in [-0.3, -0.25) is 9.98 Å². The molecular weight excluding hydrogens is 545 g/mol. The zero-order chi connectivity index (χ0) is 27.6. The second-order valence-electron chi connectivity index (χ2n) is 9.43. The number of hydrogen-bond acceptors (Lipinski definition) is 7. The molecular formula is C31H27Cl2N5O2. The molecule has 202 valence electrons. The number of nitrogens with one attached hydrogen (secondary N) is 1. The molecule has 1 N–H and O–H groups in total. The fourth-order valence-electron chi connectivity index (χ4n) is 5.11. The maximum atomic E-state index is 7.03. The Balaban J connectivity index is 1.39. The van der Waals surface area contributed by atoms with E-state index in [4.69, 9.17) is 42.6 Å². The van der Waals surface area contributed by atoms with E-state index in [-0.39, 0.29) is 0 Å². The van der Waals surface area contributed by atoms with Crippen molar-refractivity contribution in [2.45, 2.75) is 12.8 Å². The van der Waals surface area contributed by atoms with E-state index >= 15 is 0 Å². The highest BCUT2D eigenvalue weighted by Gasteiger charge is 2.21. The summed E-state index contributed by atoms with van der Waals surface area (Å²) in [4.78, 5) is 18.6. The minimum atomic E-state index is 0.485. The van der Waals surface area contributed by atoms with Crippen LogP contribution in [0.1, 0.15) is 24.0 Å². The van der Waals surface area contributed by atoms with Crippen LogP contribution in [-0.4, -0.2) is 55.4 Å². The number of benzene rings is 2. The van der Waals surface area contributed by atoms with Gasteiger partial charge in [0.2, 0.25) is 11.8 Å². The van der Waals surface area contributed by atoms with Gasteiger partial charge in [-0.15, -0.1) is 0 Å². The van der Waals surface area contributed by atoms with Gasteiger partial charge in [0.25, 0.3) is 0 Å². The van der Waals surface area contributed by atoms with Gasteiger partial charge in [0.1, 0.15) is 5.84 Å². The van der Waals surface area contributed by atoms with E-state index in [0.29, 0.717) is 33.2 Å². The third-order valence-corrected chi connectivity index (χ3v) is 7.88. The second kappa shape index (κ2) is 11.3. The smallest absolute Gasteiger partial charge is 0.224 e. The maximum absolute atomic E-state index is 7.03. The van der Waals surface area contributed by atoms with Crippen LogP contribution in [0.2, 0.25) is 10.0 Å².